The average Bonchev–Trinajstić information content (AvgIpc) is 3.62. The first-order valence-electron chi connectivity index (χ1n) is 12.5. The third-order valence-corrected chi connectivity index (χ3v) is 6.03. The highest BCUT2D eigenvalue weighted by Gasteiger charge is 2.27. The average molecular weight is 478 g/mol. The van der Waals surface area contributed by atoms with E-state index in [4.69, 9.17) is 0 Å². The fourth-order valence-electron chi connectivity index (χ4n) is 4.03. The Labute approximate surface area is 212 Å². The van der Waals surface area contributed by atoms with E-state index in [0.717, 1.165) is 12.8 Å². The minimum absolute atomic E-state index is 0.0345. The van der Waals surface area contributed by atoms with Gasteiger partial charge in [0, 0.05) is 23.8 Å². The molecular weight excluding hydrogens is 448 g/mol. The second kappa shape index (κ2) is 9.31. The maximum Gasteiger partial charge on any atom is 0.109 e. The molecule has 1 saturated carbocycles. The molecule has 1 aliphatic carbocycles. The predicted molar refractivity (Wildman–Crippen MR) is 139 cm³/mol. The van der Waals surface area contributed by atoms with Gasteiger partial charge in [-0.05, 0) is 36.0 Å². The summed E-state index contributed by atoms with van der Waals surface area (Å²) in [5, 5.41) is 35.8. The first-order chi connectivity index (χ1) is 17.7. The summed E-state index contributed by atoms with van der Waals surface area (Å²) in [6.07, 6.45) is 5.43. The van der Waals surface area contributed by atoms with Gasteiger partial charge in [-0.15, -0.1) is 5.10 Å². The van der Waals surface area contributed by atoms with E-state index in [2.05, 4.69) is 58.8 Å². The summed E-state index contributed by atoms with van der Waals surface area (Å²) >= 11 is 0. The van der Waals surface area contributed by atoms with Gasteiger partial charge in [-0.1, -0.05) is 56.3 Å². The molecule has 0 radical (unpaired) electrons. The number of nitrogens with zero attached hydrogens (tertiary/aromatic N) is 6. The lowest BCUT2D eigenvalue weighted by Crippen LogP contribution is -2.20. The maximum atomic E-state index is 9.96. The molecule has 0 saturated heterocycles. The van der Waals surface area contributed by atoms with Gasteiger partial charge >= 0.3 is 0 Å². The van der Waals surface area contributed by atoms with E-state index < -0.39 is 6.02 Å². The van der Waals surface area contributed by atoms with Gasteiger partial charge in [0.05, 0.1) is 42.0 Å². The van der Waals surface area contributed by atoms with Crippen LogP contribution in [-0.4, -0.2) is 26.5 Å². The van der Waals surface area contributed by atoms with Crippen LogP contribution in [0.25, 0.3) is 10.9 Å². The van der Waals surface area contributed by atoms with Crippen LogP contribution in [0.4, 0.5) is 11.4 Å². The number of pyridine rings is 1. The number of nitrogens with one attached hydrogen (secondary N) is 2. The second-order valence-corrected chi connectivity index (χ2v) is 10.3. The summed E-state index contributed by atoms with van der Waals surface area (Å²) in [7, 11) is 0. The second-order valence-electron chi connectivity index (χ2n) is 10.3. The summed E-state index contributed by atoms with van der Waals surface area (Å²) in [5.41, 5.74) is 3.51. The smallest absolute Gasteiger partial charge is 0.109 e. The number of hydrogen-bond acceptors (Lipinski definition) is 7. The van der Waals surface area contributed by atoms with Crippen molar-refractivity contribution in [1.29, 1.82) is 10.5 Å². The third-order valence-electron chi connectivity index (χ3n) is 6.03. The Morgan fingerprint density at radius 3 is 2.56 bits per heavy atom. The molecule has 5 rings (SSSR count). The van der Waals surface area contributed by atoms with Gasteiger partial charge in [0.25, 0.3) is 0 Å². The molecule has 2 heterocycles. The first kappa shape index (κ1) is 22.1. The van der Waals surface area contributed by atoms with Crippen molar-refractivity contribution < 1.29 is 1.37 Å². The van der Waals surface area contributed by atoms with Crippen LogP contribution in [0.2, 0.25) is 0 Å². The highest BCUT2D eigenvalue weighted by atomic mass is 15.4. The van der Waals surface area contributed by atoms with Gasteiger partial charge in [-0.25, -0.2) is 4.68 Å². The van der Waals surface area contributed by atoms with Crippen molar-refractivity contribution in [2.75, 3.05) is 17.2 Å². The normalized spacial score (nSPS) is 15.4. The Kier molecular flexibility index (Phi) is 5.71. The van der Waals surface area contributed by atoms with Crippen molar-refractivity contribution in [3.8, 4) is 12.1 Å². The molecule has 2 aromatic carbocycles. The van der Waals surface area contributed by atoms with Crippen molar-refractivity contribution in [1.82, 2.24) is 20.0 Å². The number of aromatic nitrogens is 4. The lowest BCUT2D eigenvalue weighted by Gasteiger charge is -2.22. The van der Waals surface area contributed by atoms with Crippen molar-refractivity contribution in [3.05, 3.63) is 77.2 Å². The SMILES string of the molecule is [2H]C(Nc1cc(C#N)c2ncc(C#N)c(NCC(C)(C)C)c2c1)(c1ccccc1)c1cn(C2CC2)nn1. The van der Waals surface area contributed by atoms with E-state index in [0.29, 0.717) is 57.2 Å². The van der Waals surface area contributed by atoms with E-state index in [1.807, 2.05) is 47.3 Å². The molecule has 1 unspecified atom stereocenters. The Balaban J connectivity index is 1.64. The standard InChI is InChI=1S/C28H28N8/c1-28(2,3)17-32-26-20(14-30)15-31-25-19(13-29)11-21(12-23(25)26)33-27(18-7-5-4-6-8-18)24-16-36(35-34-24)22-9-10-22/h4-8,11-12,15-16,22,27,33H,9-10,17H2,1-3H3,(H,31,32)/i27D. The number of anilines is 2. The minimum Gasteiger partial charge on any atom is -0.383 e. The van der Waals surface area contributed by atoms with E-state index in [1.54, 1.807) is 6.07 Å². The van der Waals surface area contributed by atoms with Gasteiger partial charge in [-0.2, -0.15) is 10.5 Å². The lowest BCUT2D eigenvalue weighted by molar-refractivity contribution is 0.443. The molecule has 0 aliphatic heterocycles. The van der Waals surface area contributed by atoms with E-state index in [9.17, 15) is 11.9 Å². The molecule has 8 nitrogen and oxygen atoms in total. The van der Waals surface area contributed by atoms with Crippen LogP contribution in [0.5, 0.6) is 0 Å². The van der Waals surface area contributed by atoms with Crippen molar-refractivity contribution in [2.45, 2.75) is 45.7 Å². The van der Waals surface area contributed by atoms with Gasteiger partial charge in [0.15, 0.2) is 0 Å². The molecule has 0 amide bonds. The lowest BCUT2D eigenvalue weighted by atomic mass is 9.96. The molecule has 36 heavy (non-hydrogen) atoms. The van der Waals surface area contributed by atoms with E-state index in [1.165, 1.54) is 6.20 Å². The highest BCUT2D eigenvalue weighted by Crippen LogP contribution is 2.36. The molecule has 1 aliphatic rings. The Morgan fingerprint density at radius 2 is 1.89 bits per heavy atom. The zero-order valence-electron chi connectivity index (χ0n) is 21.6. The predicted octanol–water partition coefficient (Wildman–Crippen LogP) is 5.56. The number of hydrogen-bond donors (Lipinski definition) is 2. The number of fused-ring (bicyclic) bond motifs is 1. The Hall–Kier alpha value is -4.43. The highest BCUT2D eigenvalue weighted by molar-refractivity contribution is 5.99. The van der Waals surface area contributed by atoms with Crippen LogP contribution in [0.1, 0.15) is 69.4 Å². The van der Waals surface area contributed by atoms with Crippen LogP contribution < -0.4 is 10.6 Å². The summed E-state index contributed by atoms with van der Waals surface area (Å²) in [6.45, 7) is 6.93. The molecule has 4 aromatic rings. The number of nitriles is 2. The topological polar surface area (TPSA) is 115 Å². The number of rotatable bonds is 7. The van der Waals surface area contributed by atoms with Crippen LogP contribution >= 0.6 is 0 Å². The first-order valence-corrected chi connectivity index (χ1v) is 12.0. The van der Waals surface area contributed by atoms with Gasteiger partial charge in [0.2, 0.25) is 0 Å². The third kappa shape index (κ3) is 4.85. The fourth-order valence-corrected chi connectivity index (χ4v) is 4.03. The monoisotopic (exact) mass is 477 g/mol. The summed E-state index contributed by atoms with van der Waals surface area (Å²) in [4.78, 5) is 4.43. The Bertz CT molecular complexity index is 1540. The van der Waals surface area contributed by atoms with Gasteiger partial charge in [0.1, 0.15) is 17.8 Å². The molecule has 0 bridgehead atoms. The van der Waals surface area contributed by atoms with Gasteiger partial charge in [-0.3, -0.25) is 4.98 Å². The maximum absolute atomic E-state index is 9.96. The fraction of sp³-hybridized carbons (Fsp3) is 0.321. The molecule has 1 fully saturated rings. The summed E-state index contributed by atoms with van der Waals surface area (Å²) < 4.78 is 11.4. The zero-order chi connectivity index (χ0) is 26.2. The molecule has 0 spiro atoms. The van der Waals surface area contributed by atoms with E-state index in [-0.39, 0.29) is 5.41 Å². The zero-order valence-corrected chi connectivity index (χ0v) is 20.6. The molecule has 1 atom stereocenters. The number of benzene rings is 2. The van der Waals surface area contributed by atoms with Crippen LogP contribution in [-0.2, 0) is 0 Å². The van der Waals surface area contributed by atoms with Crippen molar-refractivity contribution in [2.24, 2.45) is 5.41 Å². The van der Waals surface area contributed by atoms with Crippen LogP contribution in [0.3, 0.4) is 0 Å². The van der Waals surface area contributed by atoms with Gasteiger partial charge < -0.3 is 10.6 Å². The van der Waals surface area contributed by atoms with Crippen molar-refractivity contribution in [3.63, 3.8) is 0 Å². The van der Waals surface area contributed by atoms with Crippen molar-refractivity contribution >= 4 is 22.3 Å². The molecule has 8 heteroatoms. The van der Waals surface area contributed by atoms with Crippen LogP contribution in [0.15, 0.2) is 54.9 Å². The molecule has 2 aromatic heterocycles. The van der Waals surface area contributed by atoms with E-state index >= 15 is 0 Å². The van der Waals surface area contributed by atoms with Crippen LogP contribution in [0, 0.1) is 28.1 Å². The molecular formula is C28H28N8. The largest absolute Gasteiger partial charge is 0.383 e. The summed E-state index contributed by atoms with van der Waals surface area (Å²) in [5.74, 6) is 0. The Morgan fingerprint density at radius 1 is 1.14 bits per heavy atom. The minimum atomic E-state index is -1.46. The molecule has 180 valence electrons. The molecule has 2 N–H and O–H groups in total. The quantitative estimate of drug-likeness (QED) is 0.358. The summed E-state index contributed by atoms with van der Waals surface area (Å²) in [6, 6.07) is 16.2.